The fourth-order valence-corrected chi connectivity index (χ4v) is 3.75. The number of nitrogens with zero attached hydrogens (tertiary/aromatic N) is 1. The summed E-state index contributed by atoms with van der Waals surface area (Å²) < 4.78 is 0. The van der Waals surface area contributed by atoms with E-state index in [4.69, 9.17) is 0 Å². The van der Waals surface area contributed by atoms with Crippen molar-refractivity contribution in [1.82, 2.24) is 10.2 Å². The van der Waals surface area contributed by atoms with Gasteiger partial charge in [-0.1, -0.05) is 41.0 Å². The molecule has 2 nitrogen and oxygen atoms in total. The Morgan fingerprint density at radius 2 is 1.72 bits per heavy atom. The SMILES string of the molecule is CCCC(NCC)C(CC)SCCN(CC)CC. The molecule has 2 atom stereocenters. The summed E-state index contributed by atoms with van der Waals surface area (Å²) in [7, 11) is 0. The Bertz CT molecular complexity index is 166. The molecule has 0 aromatic rings. The molecule has 0 spiro atoms. The van der Waals surface area contributed by atoms with Gasteiger partial charge in [-0.05, 0) is 32.5 Å². The molecule has 0 aliphatic heterocycles. The second kappa shape index (κ2) is 12.3. The fourth-order valence-electron chi connectivity index (χ4n) is 2.38. The number of thioether (sulfide) groups is 1. The molecule has 110 valence electrons. The van der Waals surface area contributed by atoms with Gasteiger partial charge in [0.15, 0.2) is 0 Å². The third-order valence-corrected chi connectivity index (χ3v) is 5.06. The summed E-state index contributed by atoms with van der Waals surface area (Å²) in [6.07, 6.45) is 3.87. The van der Waals surface area contributed by atoms with Gasteiger partial charge in [-0.3, -0.25) is 0 Å². The quantitative estimate of drug-likeness (QED) is 0.585. The van der Waals surface area contributed by atoms with Gasteiger partial charge in [0, 0.05) is 23.6 Å². The Morgan fingerprint density at radius 1 is 1.06 bits per heavy atom. The highest BCUT2D eigenvalue weighted by molar-refractivity contribution is 7.99. The third kappa shape index (κ3) is 7.65. The summed E-state index contributed by atoms with van der Waals surface area (Å²) >= 11 is 2.16. The maximum Gasteiger partial charge on any atom is 0.0199 e. The van der Waals surface area contributed by atoms with Crippen LogP contribution in [0.25, 0.3) is 0 Å². The lowest BCUT2D eigenvalue weighted by Gasteiger charge is -2.27. The van der Waals surface area contributed by atoms with Gasteiger partial charge in [0.05, 0.1) is 0 Å². The highest BCUT2D eigenvalue weighted by Gasteiger charge is 2.18. The standard InChI is InChI=1S/C15H34N2S/c1-6-11-14(16-8-3)15(7-2)18-13-12-17(9-4)10-5/h14-16H,6-13H2,1-5H3. The van der Waals surface area contributed by atoms with Crippen LogP contribution in [0, 0.1) is 0 Å². The minimum Gasteiger partial charge on any atom is -0.313 e. The molecule has 18 heavy (non-hydrogen) atoms. The van der Waals surface area contributed by atoms with Crippen molar-refractivity contribution in [1.29, 1.82) is 0 Å². The average molecular weight is 275 g/mol. The van der Waals surface area contributed by atoms with Crippen LogP contribution in [-0.2, 0) is 0 Å². The van der Waals surface area contributed by atoms with Crippen molar-refractivity contribution in [2.75, 3.05) is 31.9 Å². The Morgan fingerprint density at radius 3 is 2.17 bits per heavy atom. The molecule has 0 aromatic carbocycles. The summed E-state index contributed by atoms with van der Waals surface area (Å²) in [6.45, 7) is 16.0. The van der Waals surface area contributed by atoms with Gasteiger partial charge >= 0.3 is 0 Å². The van der Waals surface area contributed by atoms with Crippen LogP contribution in [0.1, 0.15) is 53.9 Å². The summed E-state index contributed by atoms with van der Waals surface area (Å²) in [5.74, 6) is 1.27. The fraction of sp³-hybridized carbons (Fsp3) is 1.00. The molecule has 0 amide bonds. The molecular formula is C15H34N2S. The molecule has 0 aromatic heterocycles. The molecule has 2 unspecified atom stereocenters. The lowest BCUT2D eigenvalue weighted by molar-refractivity contribution is 0.323. The van der Waals surface area contributed by atoms with E-state index in [-0.39, 0.29) is 0 Å². The zero-order valence-electron chi connectivity index (χ0n) is 13.2. The number of hydrogen-bond acceptors (Lipinski definition) is 3. The minimum absolute atomic E-state index is 0.701. The summed E-state index contributed by atoms with van der Waals surface area (Å²) in [6, 6.07) is 0.701. The first kappa shape index (κ1) is 18.3. The van der Waals surface area contributed by atoms with E-state index in [0.29, 0.717) is 6.04 Å². The van der Waals surface area contributed by atoms with Gasteiger partial charge in [-0.25, -0.2) is 0 Å². The van der Waals surface area contributed by atoms with Gasteiger partial charge in [0.1, 0.15) is 0 Å². The summed E-state index contributed by atoms with van der Waals surface area (Å²) in [4.78, 5) is 2.52. The van der Waals surface area contributed by atoms with E-state index in [2.05, 4.69) is 56.6 Å². The maximum absolute atomic E-state index is 3.67. The number of nitrogens with one attached hydrogen (secondary N) is 1. The molecule has 0 saturated carbocycles. The number of rotatable bonds is 12. The minimum atomic E-state index is 0.701. The molecule has 0 aliphatic carbocycles. The Labute approximate surface area is 119 Å². The molecule has 0 fully saturated rings. The van der Waals surface area contributed by atoms with Crippen LogP contribution in [0.3, 0.4) is 0 Å². The molecule has 0 radical (unpaired) electrons. The van der Waals surface area contributed by atoms with Crippen LogP contribution < -0.4 is 5.32 Å². The monoisotopic (exact) mass is 274 g/mol. The van der Waals surface area contributed by atoms with Crippen molar-refractivity contribution >= 4 is 11.8 Å². The molecule has 0 heterocycles. The van der Waals surface area contributed by atoms with E-state index in [0.717, 1.165) is 11.8 Å². The van der Waals surface area contributed by atoms with Crippen LogP contribution in [0.4, 0.5) is 0 Å². The normalized spacial score (nSPS) is 15.0. The van der Waals surface area contributed by atoms with Crippen LogP contribution >= 0.6 is 11.8 Å². The van der Waals surface area contributed by atoms with Crippen LogP contribution in [0.5, 0.6) is 0 Å². The number of hydrogen-bond donors (Lipinski definition) is 1. The Kier molecular flexibility index (Phi) is 12.5. The molecular weight excluding hydrogens is 240 g/mol. The van der Waals surface area contributed by atoms with Gasteiger partial charge < -0.3 is 10.2 Å². The van der Waals surface area contributed by atoms with Crippen molar-refractivity contribution in [2.24, 2.45) is 0 Å². The van der Waals surface area contributed by atoms with Crippen LogP contribution in [0.15, 0.2) is 0 Å². The van der Waals surface area contributed by atoms with E-state index in [1.54, 1.807) is 0 Å². The van der Waals surface area contributed by atoms with Crippen molar-refractivity contribution in [3.05, 3.63) is 0 Å². The van der Waals surface area contributed by atoms with Crippen molar-refractivity contribution in [3.8, 4) is 0 Å². The van der Waals surface area contributed by atoms with E-state index in [9.17, 15) is 0 Å². The van der Waals surface area contributed by atoms with E-state index >= 15 is 0 Å². The lowest BCUT2D eigenvalue weighted by atomic mass is 10.1. The third-order valence-electron chi connectivity index (χ3n) is 3.55. The van der Waals surface area contributed by atoms with Crippen molar-refractivity contribution in [3.63, 3.8) is 0 Å². The van der Waals surface area contributed by atoms with E-state index < -0.39 is 0 Å². The predicted octanol–water partition coefficient (Wildman–Crippen LogP) is 3.62. The predicted molar refractivity (Wildman–Crippen MR) is 86.7 cm³/mol. The topological polar surface area (TPSA) is 15.3 Å². The van der Waals surface area contributed by atoms with Gasteiger partial charge in [-0.15, -0.1) is 0 Å². The summed E-state index contributed by atoms with van der Waals surface area (Å²) in [5.41, 5.74) is 0. The van der Waals surface area contributed by atoms with E-state index in [1.807, 2.05) is 0 Å². The van der Waals surface area contributed by atoms with E-state index in [1.165, 1.54) is 44.6 Å². The molecule has 0 saturated heterocycles. The molecule has 0 rings (SSSR count). The smallest absolute Gasteiger partial charge is 0.0199 e. The zero-order valence-corrected chi connectivity index (χ0v) is 14.0. The zero-order chi connectivity index (χ0) is 13.8. The maximum atomic E-state index is 3.67. The molecule has 3 heteroatoms. The van der Waals surface area contributed by atoms with Gasteiger partial charge in [0.2, 0.25) is 0 Å². The van der Waals surface area contributed by atoms with Crippen LogP contribution in [0.2, 0.25) is 0 Å². The first-order valence-corrected chi connectivity index (χ1v) is 8.85. The van der Waals surface area contributed by atoms with Gasteiger partial charge in [-0.2, -0.15) is 11.8 Å². The highest BCUT2D eigenvalue weighted by atomic mass is 32.2. The van der Waals surface area contributed by atoms with Crippen LogP contribution in [-0.4, -0.2) is 48.1 Å². The molecule has 0 aliphatic rings. The second-order valence-corrected chi connectivity index (χ2v) is 6.14. The average Bonchev–Trinajstić information content (AvgIpc) is 2.39. The van der Waals surface area contributed by atoms with Crippen molar-refractivity contribution in [2.45, 2.75) is 65.2 Å². The lowest BCUT2D eigenvalue weighted by Crippen LogP contribution is -2.38. The highest BCUT2D eigenvalue weighted by Crippen LogP contribution is 2.21. The Hall–Kier alpha value is 0.270. The first-order valence-electron chi connectivity index (χ1n) is 7.80. The molecule has 1 N–H and O–H groups in total. The van der Waals surface area contributed by atoms with Gasteiger partial charge in [0.25, 0.3) is 0 Å². The summed E-state index contributed by atoms with van der Waals surface area (Å²) in [5, 5.41) is 4.44. The first-order chi connectivity index (χ1) is 8.73. The van der Waals surface area contributed by atoms with Crippen molar-refractivity contribution < 1.29 is 0 Å². The second-order valence-electron chi connectivity index (χ2n) is 4.80. The Balaban J connectivity index is 4.05. The molecule has 0 bridgehead atoms. The largest absolute Gasteiger partial charge is 0.313 e.